The third kappa shape index (κ3) is 6.07. The maximum Gasteiger partial charge on any atom is 0.257 e. The second kappa shape index (κ2) is 11.4. The molecule has 0 saturated heterocycles. The number of likely N-dealkylation sites (N-methyl/N-ethyl adjacent to an activating group) is 2. The molecular formula is C26H35N3O5. The van der Waals surface area contributed by atoms with Crippen LogP contribution in [-0.4, -0.2) is 81.8 Å². The zero-order valence-corrected chi connectivity index (χ0v) is 20.8. The molecule has 0 unspecified atom stereocenters. The molecule has 1 heterocycles. The van der Waals surface area contributed by atoms with E-state index in [-0.39, 0.29) is 29.9 Å². The van der Waals surface area contributed by atoms with Crippen LogP contribution in [0.4, 0.5) is 5.69 Å². The number of carbonyl (C=O) groups is 2. The van der Waals surface area contributed by atoms with Crippen LogP contribution in [0.25, 0.3) is 0 Å². The molecule has 0 saturated carbocycles. The Balaban J connectivity index is 1.88. The van der Waals surface area contributed by atoms with Crippen molar-refractivity contribution < 1.29 is 23.8 Å². The molecule has 3 atom stereocenters. The van der Waals surface area contributed by atoms with Crippen molar-refractivity contribution in [3.8, 4) is 11.5 Å². The monoisotopic (exact) mass is 469 g/mol. The number of hydrogen-bond acceptors (Lipinski definition) is 6. The standard InChI is InChI=1S/C26H35N3O5/c1-17-14-28(3)18(2)16-34-23-12-9-20(13-22(23)26(31)29(4)15-24(17)33-6)27-25(30)19-7-10-21(32-5)11-8-19/h7-13,17-18,24H,14-16H2,1-6H3,(H,27,30)/t17-,18+,24+/m1/s1. The molecule has 2 aromatic rings. The summed E-state index contributed by atoms with van der Waals surface area (Å²) in [6.07, 6.45) is -0.106. The summed E-state index contributed by atoms with van der Waals surface area (Å²) in [4.78, 5) is 30.0. The van der Waals surface area contributed by atoms with Crippen molar-refractivity contribution in [3.05, 3.63) is 53.6 Å². The van der Waals surface area contributed by atoms with Gasteiger partial charge in [0, 0.05) is 44.5 Å². The summed E-state index contributed by atoms with van der Waals surface area (Å²) in [6, 6.07) is 12.1. The smallest absolute Gasteiger partial charge is 0.257 e. The highest BCUT2D eigenvalue weighted by Crippen LogP contribution is 2.26. The van der Waals surface area contributed by atoms with Gasteiger partial charge in [-0.3, -0.25) is 14.5 Å². The fourth-order valence-corrected chi connectivity index (χ4v) is 3.98. The lowest BCUT2D eigenvalue weighted by molar-refractivity contribution is 0.0150. The molecule has 8 nitrogen and oxygen atoms in total. The molecule has 1 aliphatic heterocycles. The topological polar surface area (TPSA) is 80.3 Å². The van der Waals surface area contributed by atoms with Gasteiger partial charge in [0.15, 0.2) is 0 Å². The van der Waals surface area contributed by atoms with E-state index in [4.69, 9.17) is 14.2 Å². The van der Waals surface area contributed by atoms with E-state index < -0.39 is 0 Å². The lowest BCUT2D eigenvalue weighted by atomic mass is 10.0. The van der Waals surface area contributed by atoms with E-state index >= 15 is 0 Å². The SMILES string of the molecule is COc1ccc(C(=O)Nc2ccc3c(c2)C(=O)N(C)C[C@H](OC)[C@H](C)CN(C)[C@@H](C)CO3)cc1. The summed E-state index contributed by atoms with van der Waals surface area (Å²) in [6.45, 7) is 5.93. The Hall–Kier alpha value is -3.10. The van der Waals surface area contributed by atoms with E-state index in [2.05, 4.69) is 31.1 Å². The number of hydrogen-bond donors (Lipinski definition) is 1. The summed E-state index contributed by atoms with van der Waals surface area (Å²) in [5.41, 5.74) is 1.40. The quantitative estimate of drug-likeness (QED) is 0.740. The van der Waals surface area contributed by atoms with Crippen LogP contribution in [-0.2, 0) is 4.74 Å². The highest BCUT2D eigenvalue weighted by atomic mass is 16.5. The molecule has 0 fully saturated rings. The number of carbonyl (C=O) groups excluding carboxylic acids is 2. The highest BCUT2D eigenvalue weighted by molar-refractivity contribution is 6.05. The van der Waals surface area contributed by atoms with E-state index in [1.165, 1.54) is 0 Å². The van der Waals surface area contributed by atoms with Gasteiger partial charge in [0.05, 0.1) is 18.8 Å². The van der Waals surface area contributed by atoms with E-state index in [1.54, 1.807) is 68.6 Å². The first-order valence-corrected chi connectivity index (χ1v) is 11.4. The van der Waals surface area contributed by atoms with Crippen LogP contribution in [0.3, 0.4) is 0 Å². The normalized spacial score (nSPS) is 22.1. The zero-order chi connectivity index (χ0) is 24.8. The van der Waals surface area contributed by atoms with Gasteiger partial charge in [-0.1, -0.05) is 6.92 Å². The van der Waals surface area contributed by atoms with Crippen LogP contribution >= 0.6 is 0 Å². The molecule has 1 aliphatic rings. The second-order valence-electron chi connectivity index (χ2n) is 8.93. The lowest BCUT2D eigenvalue weighted by Crippen LogP contribution is -2.45. The lowest BCUT2D eigenvalue weighted by Gasteiger charge is -2.34. The van der Waals surface area contributed by atoms with E-state index in [9.17, 15) is 9.59 Å². The number of anilines is 1. The minimum atomic E-state index is -0.277. The molecule has 0 aromatic heterocycles. The minimum absolute atomic E-state index is 0.106. The minimum Gasteiger partial charge on any atom is -0.497 e. The third-order valence-corrected chi connectivity index (χ3v) is 6.37. The molecule has 34 heavy (non-hydrogen) atoms. The van der Waals surface area contributed by atoms with Crippen molar-refractivity contribution in [2.45, 2.75) is 26.0 Å². The van der Waals surface area contributed by atoms with E-state index in [0.717, 1.165) is 6.54 Å². The van der Waals surface area contributed by atoms with Gasteiger partial charge in [0.2, 0.25) is 0 Å². The predicted molar refractivity (Wildman–Crippen MR) is 132 cm³/mol. The average molecular weight is 470 g/mol. The zero-order valence-electron chi connectivity index (χ0n) is 20.8. The summed E-state index contributed by atoms with van der Waals surface area (Å²) < 4.78 is 16.9. The Morgan fingerprint density at radius 2 is 1.76 bits per heavy atom. The molecule has 0 radical (unpaired) electrons. The number of ether oxygens (including phenoxy) is 3. The Bertz CT molecular complexity index is 994. The molecule has 0 aliphatic carbocycles. The number of benzene rings is 2. The van der Waals surface area contributed by atoms with Gasteiger partial charge >= 0.3 is 0 Å². The maximum absolute atomic E-state index is 13.4. The Kier molecular flexibility index (Phi) is 8.52. The number of nitrogens with one attached hydrogen (secondary N) is 1. The summed E-state index contributed by atoms with van der Waals surface area (Å²) in [5.74, 6) is 0.918. The molecule has 184 valence electrons. The highest BCUT2D eigenvalue weighted by Gasteiger charge is 2.27. The van der Waals surface area contributed by atoms with Crippen LogP contribution in [0, 0.1) is 5.92 Å². The number of amides is 2. The second-order valence-corrected chi connectivity index (χ2v) is 8.93. The van der Waals surface area contributed by atoms with Crippen LogP contribution in [0.2, 0.25) is 0 Å². The van der Waals surface area contributed by atoms with Crippen LogP contribution in [0.15, 0.2) is 42.5 Å². The van der Waals surface area contributed by atoms with Gasteiger partial charge < -0.3 is 24.4 Å². The molecule has 2 amide bonds. The van der Waals surface area contributed by atoms with Crippen LogP contribution < -0.4 is 14.8 Å². The van der Waals surface area contributed by atoms with Gasteiger partial charge in [-0.05, 0) is 62.4 Å². The first-order valence-electron chi connectivity index (χ1n) is 11.4. The van der Waals surface area contributed by atoms with Gasteiger partial charge in [-0.2, -0.15) is 0 Å². The number of methoxy groups -OCH3 is 2. The Labute approximate surface area is 201 Å². The Morgan fingerprint density at radius 3 is 2.41 bits per heavy atom. The summed E-state index contributed by atoms with van der Waals surface area (Å²) >= 11 is 0. The fraction of sp³-hybridized carbons (Fsp3) is 0.462. The molecule has 8 heteroatoms. The van der Waals surface area contributed by atoms with Crippen molar-refractivity contribution in [2.75, 3.05) is 53.3 Å². The van der Waals surface area contributed by atoms with Crippen molar-refractivity contribution in [3.63, 3.8) is 0 Å². The maximum atomic E-state index is 13.4. The van der Waals surface area contributed by atoms with Crippen LogP contribution in [0.5, 0.6) is 11.5 Å². The van der Waals surface area contributed by atoms with E-state index in [1.807, 2.05) is 0 Å². The van der Waals surface area contributed by atoms with Crippen molar-refractivity contribution in [2.24, 2.45) is 5.92 Å². The fourth-order valence-electron chi connectivity index (χ4n) is 3.98. The van der Waals surface area contributed by atoms with Crippen molar-refractivity contribution >= 4 is 17.5 Å². The molecule has 0 spiro atoms. The molecule has 2 aromatic carbocycles. The van der Waals surface area contributed by atoms with Crippen molar-refractivity contribution in [1.82, 2.24) is 9.80 Å². The number of rotatable bonds is 4. The first kappa shape index (κ1) is 25.5. The van der Waals surface area contributed by atoms with Gasteiger partial charge in [0.25, 0.3) is 11.8 Å². The average Bonchev–Trinajstić information content (AvgIpc) is 2.84. The Morgan fingerprint density at radius 1 is 1.06 bits per heavy atom. The molecule has 3 rings (SSSR count). The van der Waals surface area contributed by atoms with Crippen molar-refractivity contribution in [1.29, 1.82) is 0 Å². The molecular weight excluding hydrogens is 434 g/mol. The largest absolute Gasteiger partial charge is 0.497 e. The summed E-state index contributed by atoms with van der Waals surface area (Å²) in [5, 5.41) is 2.87. The first-order chi connectivity index (χ1) is 16.2. The van der Waals surface area contributed by atoms with Gasteiger partial charge in [-0.15, -0.1) is 0 Å². The van der Waals surface area contributed by atoms with Gasteiger partial charge in [0.1, 0.15) is 18.1 Å². The number of nitrogens with zero attached hydrogens (tertiary/aromatic N) is 2. The van der Waals surface area contributed by atoms with E-state index in [0.29, 0.717) is 41.5 Å². The third-order valence-electron chi connectivity index (χ3n) is 6.37. The van der Waals surface area contributed by atoms with Crippen LogP contribution in [0.1, 0.15) is 34.6 Å². The molecule has 0 bridgehead atoms. The number of fused-ring (bicyclic) bond motifs is 1. The summed E-state index contributed by atoms with van der Waals surface area (Å²) in [7, 11) is 7.08. The molecule has 1 N–H and O–H groups in total. The predicted octanol–water partition coefficient (Wildman–Crippen LogP) is 3.38. The van der Waals surface area contributed by atoms with Gasteiger partial charge in [-0.25, -0.2) is 0 Å².